The Balaban J connectivity index is -0.000000162. The quantitative estimate of drug-likeness (QED) is 0.263. The molecule has 10 heteroatoms. The van der Waals surface area contributed by atoms with Gasteiger partial charge in [0, 0.05) is 0 Å². The van der Waals surface area contributed by atoms with E-state index in [2.05, 4.69) is 0 Å². The number of rotatable bonds is 1. The maximum atomic E-state index is 9.10. The smallest absolute Gasteiger partial charge is 0.414 e. The molecule has 0 saturated carbocycles. The van der Waals surface area contributed by atoms with Crippen LogP contribution in [0, 0.1) is 0 Å². The molecule has 0 heterocycles. The van der Waals surface area contributed by atoms with Crippen molar-refractivity contribution in [1.29, 1.82) is 0 Å². The molecule has 0 atom stereocenters. The third-order valence-electron chi connectivity index (χ3n) is 0.466. The summed E-state index contributed by atoms with van der Waals surface area (Å²) in [5.74, 6) is -7.30. The fraction of sp³-hybridized carbons (Fsp3) is 0.333. The molecule has 0 aromatic rings. The van der Waals surface area contributed by atoms with Crippen LogP contribution in [-0.2, 0) is 19.2 Å². The van der Waals surface area contributed by atoms with Crippen LogP contribution in [0.15, 0.2) is 0 Å². The van der Waals surface area contributed by atoms with Crippen molar-refractivity contribution in [3.63, 3.8) is 0 Å². The van der Waals surface area contributed by atoms with Crippen LogP contribution in [0.1, 0.15) is 0 Å². The van der Waals surface area contributed by atoms with E-state index in [1.807, 2.05) is 0 Å². The van der Waals surface area contributed by atoms with Crippen molar-refractivity contribution in [2.45, 2.75) is 0 Å². The Bertz CT molecular complexity index is 194. The molecule has 0 rings (SSSR count). The number of carbonyl (C=O) groups is 4. The molecule has 0 aromatic carbocycles. The van der Waals surface area contributed by atoms with Crippen LogP contribution in [0.5, 0.6) is 0 Å². The van der Waals surface area contributed by atoms with E-state index in [4.69, 9.17) is 49.8 Å². The average molecular weight is 242 g/mol. The summed E-state index contributed by atoms with van der Waals surface area (Å²) in [6.07, 6.45) is 0. The van der Waals surface area contributed by atoms with Gasteiger partial charge in [0.25, 0.3) is 0 Å². The molecule has 0 radical (unpaired) electrons. The van der Waals surface area contributed by atoms with Crippen molar-refractivity contribution in [1.82, 2.24) is 0 Å². The minimum atomic E-state index is -1.82. The third-order valence-corrected chi connectivity index (χ3v) is 0.466. The van der Waals surface area contributed by atoms with Gasteiger partial charge in [-0.05, 0) is 0 Å². The second-order valence-corrected chi connectivity index (χ2v) is 1.67. The molecule has 0 spiro atoms. The van der Waals surface area contributed by atoms with Crippen molar-refractivity contribution in [3.8, 4) is 0 Å². The lowest BCUT2D eigenvalue weighted by molar-refractivity contribution is -0.159. The maximum Gasteiger partial charge on any atom is 0.414 e. The number of aliphatic carboxylic acids is 4. The molecule has 0 saturated heterocycles. The highest BCUT2D eigenvalue weighted by atomic mass is 16.4. The lowest BCUT2D eigenvalue weighted by atomic mass is 10.7. The summed E-state index contributed by atoms with van der Waals surface area (Å²) in [5, 5.41) is 44.8. The summed E-state index contributed by atoms with van der Waals surface area (Å²) >= 11 is 0. The van der Waals surface area contributed by atoms with Gasteiger partial charge in [-0.25, -0.2) is 19.2 Å². The molecule has 0 fully saturated rings. The van der Waals surface area contributed by atoms with Crippen molar-refractivity contribution >= 4 is 23.9 Å². The van der Waals surface area contributed by atoms with Gasteiger partial charge in [0.1, 0.15) is 0 Å². The molecule has 0 bridgehead atoms. The second-order valence-electron chi connectivity index (χ2n) is 1.67. The Hall–Kier alpha value is -2.20. The summed E-state index contributed by atoms with van der Waals surface area (Å²) < 4.78 is 0. The molecule has 0 amide bonds. The Labute approximate surface area is 88.0 Å². The SMILES string of the molecule is O=C(O)C(=O)O.O=C(O)C(=O)O.OCCO. The normalized spacial score (nSPS) is 7.38. The van der Waals surface area contributed by atoms with Crippen molar-refractivity contribution in [3.05, 3.63) is 0 Å². The van der Waals surface area contributed by atoms with Crippen LogP contribution < -0.4 is 0 Å². The Kier molecular flexibility index (Phi) is 15.5. The summed E-state index contributed by atoms with van der Waals surface area (Å²) in [6.45, 7) is -0.250. The monoisotopic (exact) mass is 242 g/mol. The topological polar surface area (TPSA) is 190 Å². The lowest BCUT2D eigenvalue weighted by Gasteiger charge is -1.72. The minimum Gasteiger partial charge on any atom is -0.473 e. The zero-order valence-electron chi connectivity index (χ0n) is 7.73. The molecule has 0 aliphatic carbocycles. The van der Waals surface area contributed by atoms with Crippen LogP contribution in [0.4, 0.5) is 0 Å². The maximum absolute atomic E-state index is 9.10. The van der Waals surface area contributed by atoms with E-state index >= 15 is 0 Å². The van der Waals surface area contributed by atoms with Crippen LogP contribution >= 0.6 is 0 Å². The third kappa shape index (κ3) is 29.8. The first-order valence-electron chi connectivity index (χ1n) is 3.34. The summed E-state index contributed by atoms with van der Waals surface area (Å²) in [7, 11) is 0. The van der Waals surface area contributed by atoms with Gasteiger partial charge in [0.2, 0.25) is 0 Å². The van der Waals surface area contributed by atoms with E-state index in [1.54, 1.807) is 0 Å². The molecule has 0 aliphatic heterocycles. The first-order chi connectivity index (χ1) is 7.20. The highest BCUT2D eigenvalue weighted by molar-refractivity contribution is 6.27. The average Bonchev–Trinajstić information content (AvgIpc) is 2.18. The summed E-state index contributed by atoms with van der Waals surface area (Å²) in [6, 6.07) is 0. The number of hydrogen-bond donors (Lipinski definition) is 6. The molecular weight excluding hydrogens is 232 g/mol. The lowest BCUT2D eigenvalue weighted by Crippen LogP contribution is -2.09. The van der Waals surface area contributed by atoms with E-state index in [0.29, 0.717) is 0 Å². The molecule has 0 unspecified atom stereocenters. The highest BCUT2D eigenvalue weighted by Gasteiger charge is 2.04. The zero-order chi connectivity index (χ0) is 13.7. The minimum absolute atomic E-state index is 0.125. The van der Waals surface area contributed by atoms with Crippen LogP contribution in [0.25, 0.3) is 0 Å². The molecular formula is C6H10O10. The van der Waals surface area contributed by atoms with Crippen molar-refractivity contribution in [2.24, 2.45) is 0 Å². The zero-order valence-corrected chi connectivity index (χ0v) is 7.73. The van der Waals surface area contributed by atoms with Gasteiger partial charge in [-0.1, -0.05) is 0 Å². The highest BCUT2D eigenvalue weighted by Crippen LogP contribution is 1.56. The van der Waals surface area contributed by atoms with Gasteiger partial charge in [-0.3, -0.25) is 0 Å². The van der Waals surface area contributed by atoms with Gasteiger partial charge in [-0.2, -0.15) is 0 Å². The number of hydrogen-bond acceptors (Lipinski definition) is 6. The van der Waals surface area contributed by atoms with E-state index < -0.39 is 23.9 Å². The van der Waals surface area contributed by atoms with Crippen LogP contribution in [0.3, 0.4) is 0 Å². The molecule has 16 heavy (non-hydrogen) atoms. The Morgan fingerprint density at radius 3 is 0.688 bits per heavy atom. The van der Waals surface area contributed by atoms with E-state index in [0.717, 1.165) is 0 Å². The standard InChI is InChI=1S/2C2H2O4.C2H6O2/c2*3-1(4)2(5)6;3-1-2-4/h2*(H,3,4)(H,5,6);3-4H,1-2H2. The first-order valence-corrected chi connectivity index (χ1v) is 3.34. The van der Waals surface area contributed by atoms with E-state index in [-0.39, 0.29) is 13.2 Å². The van der Waals surface area contributed by atoms with E-state index in [9.17, 15) is 0 Å². The van der Waals surface area contributed by atoms with Gasteiger partial charge >= 0.3 is 23.9 Å². The molecule has 0 aliphatic rings. The van der Waals surface area contributed by atoms with Gasteiger partial charge in [0.05, 0.1) is 13.2 Å². The Morgan fingerprint density at radius 2 is 0.688 bits per heavy atom. The summed E-state index contributed by atoms with van der Waals surface area (Å²) in [5.41, 5.74) is 0. The predicted molar refractivity (Wildman–Crippen MR) is 44.7 cm³/mol. The number of carboxylic acids is 4. The second kappa shape index (κ2) is 12.8. The predicted octanol–water partition coefficient (Wildman–Crippen LogP) is -2.72. The fourth-order valence-electron chi connectivity index (χ4n) is 0. The number of aliphatic hydroxyl groups excluding tert-OH is 2. The number of carboxylic acid groups (broad SMARTS) is 4. The fourth-order valence-corrected chi connectivity index (χ4v) is 0. The molecule has 0 aromatic heterocycles. The molecule has 10 nitrogen and oxygen atoms in total. The van der Waals surface area contributed by atoms with Crippen molar-refractivity contribution in [2.75, 3.05) is 13.2 Å². The molecule has 6 N–H and O–H groups in total. The largest absolute Gasteiger partial charge is 0.473 e. The van der Waals surface area contributed by atoms with Gasteiger partial charge in [0.15, 0.2) is 0 Å². The first kappa shape index (κ1) is 19.4. The Morgan fingerprint density at radius 1 is 0.562 bits per heavy atom. The van der Waals surface area contributed by atoms with Crippen LogP contribution in [0.2, 0.25) is 0 Å². The van der Waals surface area contributed by atoms with E-state index in [1.165, 1.54) is 0 Å². The van der Waals surface area contributed by atoms with Crippen molar-refractivity contribution < 1.29 is 49.8 Å². The van der Waals surface area contributed by atoms with Crippen LogP contribution in [-0.4, -0.2) is 67.7 Å². The molecule has 94 valence electrons. The van der Waals surface area contributed by atoms with Gasteiger partial charge < -0.3 is 30.6 Å². The van der Waals surface area contributed by atoms with Gasteiger partial charge in [-0.15, -0.1) is 0 Å². The summed E-state index contributed by atoms with van der Waals surface area (Å²) in [4.78, 5) is 36.4. The number of aliphatic hydroxyl groups is 2.